The Labute approximate surface area is 173 Å². The van der Waals surface area contributed by atoms with Crippen molar-refractivity contribution in [2.75, 3.05) is 31.1 Å². The second kappa shape index (κ2) is 7.94. The number of fused-ring (bicyclic) bond motifs is 1. The van der Waals surface area contributed by atoms with Crippen LogP contribution in [0.15, 0.2) is 18.3 Å². The summed E-state index contributed by atoms with van der Waals surface area (Å²) in [6, 6.07) is 3.86. The summed E-state index contributed by atoms with van der Waals surface area (Å²) in [5.41, 5.74) is 3.81. The Balaban J connectivity index is 1.50. The number of nitrogens with one attached hydrogen (secondary N) is 1. The van der Waals surface area contributed by atoms with Gasteiger partial charge in [0, 0.05) is 43.6 Å². The molecule has 7 nitrogen and oxygen atoms in total. The smallest absolute Gasteiger partial charge is 0.270 e. The maximum absolute atomic E-state index is 13.2. The van der Waals surface area contributed by atoms with Gasteiger partial charge in [-0.2, -0.15) is 0 Å². The van der Waals surface area contributed by atoms with Crippen LogP contribution in [0.4, 0.5) is 5.13 Å². The highest BCUT2D eigenvalue weighted by Gasteiger charge is 2.28. The first-order valence-electron chi connectivity index (χ1n) is 9.97. The molecule has 8 heteroatoms. The van der Waals surface area contributed by atoms with Crippen molar-refractivity contribution in [3.05, 3.63) is 40.8 Å². The maximum atomic E-state index is 13.2. The minimum atomic E-state index is -0.0188. The number of H-pyrrole nitrogens is 1. The number of aromatic nitrogens is 3. The van der Waals surface area contributed by atoms with E-state index in [1.54, 1.807) is 24.5 Å². The van der Waals surface area contributed by atoms with E-state index in [0.29, 0.717) is 24.3 Å². The Bertz CT molecular complexity index is 1030. The molecule has 1 saturated heterocycles. The molecule has 3 aromatic rings. The van der Waals surface area contributed by atoms with E-state index in [9.17, 15) is 9.59 Å². The first kappa shape index (κ1) is 19.6. The van der Waals surface area contributed by atoms with Crippen LogP contribution < -0.4 is 4.90 Å². The highest BCUT2D eigenvalue weighted by molar-refractivity contribution is 7.21. The van der Waals surface area contributed by atoms with E-state index in [-0.39, 0.29) is 11.7 Å². The summed E-state index contributed by atoms with van der Waals surface area (Å²) in [5, 5.41) is 0.951. The van der Waals surface area contributed by atoms with Gasteiger partial charge in [0.05, 0.1) is 0 Å². The molecule has 0 spiro atoms. The van der Waals surface area contributed by atoms with Crippen molar-refractivity contribution in [3.63, 3.8) is 0 Å². The Morgan fingerprint density at radius 1 is 1.24 bits per heavy atom. The van der Waals surface area contributed by atoms with E-state index in [4.69, 9.17) is 0 Å². The molecule has 0 aliphatic carbocycles. The van der Waals surface area contributed by atoms with E-state index >= 15 is 0 Å². The van der Waals surface area contributed by atoms with Crippen molar-refractivity contribution >= 4 is 38.5 Å². The lowest BCUT2D eigenvalue weighted by molar-refractivity contribution is 0.0740. The van der Waals surface area contributed by atoms with Gasteiger partial charge in [-0.25, -0.2) is 9.97 Å². The average molecular weight is 412 g/mol. The Morgan fingerprint density at radius 3 is 2.66 bits per heavy atom. The molecule has 0 radical (unpaired) electrons. The number of rotatable bonds is 5. The van der Waals surface area contributed by atoms with E-state index in [1.807, 2.05) is 24.0 Å². The van der Waals surface area contributed by atoms with E-state index in [2.05, 4.69) is 26.8 Å². The number of hydrogen-bond acceptors (Lipinski definition) is 6. The van der Waals surface area contributed by atoms with Gasteiger partial charge in [-0.1, -0.05) is 24.7 Å². The Morgan fingerprint density at radius 2 is 2.00 bits per heavy atom. The summed E-state index contributed by atoms with van der Waals surface area (Å²) in [6.07, 6.45) is 3.39. The Hall–Kier alpha value is -2.74. The summed E-state index contributed by atoms with van der Waals surface area (Å²) >= 11 is 1.58. The topological polar surface area (TPSA) is 82.2 Å². The zero-order valence-corrected chi connectivity index (χ0v) is 17.8. The van der Waals surface area contributed by atoms with Gasteiger partial charge in [0.25, 0.3) is 5.91 Å². The van der Waals surface area contributed by atoms with Gasteiger partial charge < -0.3 is 14.8 Å². The zero-order valence-electron chi connectivity index (χ0n) is 17.0. The molecule has 0 atom stereocenters. The second-order valence-electron chi connectivity index (χ2n) is 7.39. The zero-order chi connectivity index (χ0) is 20.5. The fraction of sp³-hybridized carbons (Fsp3) is 0.429. The highest BCUT2D eigenvalue weighted by atomic mass is 32.1. The van der Waals surface area contributed by atoms with Crippen LogP contribution in [0.25, 0.3) is 10.3 Å². The van der Waals surface area contributed by atoms with E-state index in [0.717, 1.165) is 52.7 Å². The standard InChI is InChI=1S/C21H25N5O2S/c1-4-6-15-17(14(3)27)13(2)23-18(15)20(28)25-9-11-26(12-10-25)21-24-16-7-5-8-22-19(16)29-21/h5,7-8,23H,4,6,9-12H2,1-3H3. The van der Waals surface area contributed by atoms with Crippen LogP contribution in [0.5, 0.6) is 0 Å². The average Bonchev–Trinajstić information content (AvgIpc) is 3.29. The largest absolute Gasteiger partial charge is 0.354 e. The fourth-order valence-electron chi connectivity index (χ4n) is 3.99. The summed E-state index contributed by atoms with van der Waals surface area (Å²) in [6.45, 7) is 8.21. The number of pyridine rings is 1. The van der Waals surface area contributed by atoms with Crippen LogP contribution in [0.3, 0.4) is 0 Å². The number of aryl methyl sites for hydroxylation is 1. The van der Waals surface area contributed by atoms with E-state index in [1.165, 1.54) is 0 Å². The van der Waals surface area contributed by atoms with Crippen LogP contribution in [0.2, 0.25) is 0 Å². The van der Waals surface area contributed by atoms with Crippen LogP contribution in [0, 0.1) is 6.92 Å². The second-order valence-corrected chi connectivity index (χ2v) is 8.34. The number of carbonyl (C=O) groups excluding carboxylic acids is 2. The van der Waals surface area contributed by atoms with Gasteiger partial charge >= 0.3 is 0 Å². The normalized spacial score (nSPS) is 14.6. The van der Waals surface area contributed by atoms with Crippen molar-refractivity contribution in [1.29, 1.82) is 0 Å². The van der Waals surface area contributed by atoms with Gasteiger partial charge in [-0.05, 0) is 38.0 Å². The van der Waals surface area contributed by atoms with Crippen LogP contribution >= 0.6 is 11.3 Å². The van der Waals surface area contributed by atoms with Crippen molar-refractivity contribution < 1.29 is 9.59 Å². The number of hydrogen-bond donors (Lipinski definition) is 1. The number of ketones is 1. The summed E-state index contributed by atoms with van der Waals surface area (Å²) < 4.78 is 0. The van der Waals surface area contributed by atoms with Gasteiger partial charge in [-0.15, -0.1) is 0 Å². The molecule has 3 aromatic heterocycles. The molecule has 1 amide bonds. The lowest BCUT2D eigenvalue weighted by atomic mass is 10.0. The van der Waals surface area contributed by atoms with Gasteiger partial charge in [0.1, 0.15) is 16.0 Å². The molecule has 4 rings (SSSR count). The first-order chi connectivity index (χ1) is 14.0. The fourth-order valence-corrected chi connectivity index (χ4v) is 4.95. The predicted octanol–water partition coefficient (Wildman–Crippen LogP) is 3.45. The number of carbonyl (C=O) groups is 2. The molecule has 29 heavy (non-hydrogen) atoms. The number of thiazole rings is 1. The molecule has 1 aliphatic rings. The van der Waals surface area contributed by atoms with Gasteiger partial charge in [0.2, 0.25) is 0 Å². The highest BCUT2D eigenvalue weighted by Crippen LogP contribution is 2.28. The summed E-state index contributed by atoms with van der Waals surface area (Å²) in [5.74, 6) is -0.00909. The third kappa shape index (κ3) is 3.64. The minimum Gasteiger partial charge on any atom is -0.354 e. The molecule has 0 unspecified atom stereocenters. The van der Waals surface area contributed by atoms with Gasteiger partial charge in [0.15, 0.2) is 10.9 Å². The van der Waals surface area contributed by atoms with Crippen molar-refractivity contribution in [3.8, 4) is 0 Å². The molecular weight excluding hydrogens is 386 g/mol. The van der Waals surface area contributed by atoms with Gasteiger partial charge in [-0.3, -0.25) is 9.59 Å². The molecule has 1 aliphatic heterocycles. The minimum absolute atomic E-state index is 0.00974. The molecule has 0 saturated carbocycles. The maximum Gasteiger partial charge on any atom is 0.270 e. The monoisotopic (exact) mass is 411 g/mol. The third-order valence-electron chi connectivity index (χ3n) is 5.35. The number of Topliss-reactive ketones (excluding diaryl/α,β-unsaturated/α-hetero) is 1. The number of piperazine rings is 1. The summed E-state index contributed by atoms with van der Waals surface area (Å²) in [7, 11) is 0. The number of amides is 1. The number of aromatic amines is 1. The molecule has 1 fully saturated rings. The number of anilines is 1. The van der Waals surface area contributed by atoms with Crippen LogP contribution in [-0.2, 0) is 6.42 Å². The first-order valence-corrected chi connectivity index (χ1v) is 10.8. The SMILES string of the molecule is CCCc1c(C(=O)N2CCN(c3nc4cccnc4s3)CC2)[nH]c(C)c1C(C)=O. The molecular formula is C21H25N5O2S. The van der Waals surface area contributed by atoms with E-state index < -0.39 is 0 Å². The molecule has 4 heterocycles. The van der Waals surface area contributed by atoms with Crippen molar-refractivity contribution in [2.45, 2.75) is 33.6 Å². The Kier molecular flexibility index (Phi) is 5.36. The molecule has 0 bridgehead atoms. The third-order valence-corrected chi connectivity index (χ3v) is 6.39. The quantitative estimate of drug-likeness (QED) is 0.651. The lowest BCUT2D eigenvalue weighted by Crippen LogP contribution is -2.49. The van der Waals surface area contributed by atoms with Crippen molar-refractivity contribution in [1.82, 2.24) is 19.9 Å². The molecule has 152 valence electrons. The molecule has 1 N–H and O–H groups in total. The van der Waals surface area contributed by atoms with Crippen LogP contribution in [-0.4, -0.2) is 57.7 Å². The lowest BCUT2D eigenvalue weighted by Gasteiger charge is -2.34. The number of nitrogens with zero attached hydrogens (tertiary/aromatic N) is 4. The van der Waals surface area contributed by atoms with Crippen LogP contribution in [0.1, 0.15) is 52.4 Å². The summed E-state index contributed by atoms with van der Waals surface area (Å²) in [4.78, 5) is 42.5. The molecule has 0 aromatic carbocycles. The van der Waals surface area contributed by atoms with Crippen molar-refractivity contribution in [2.24, 2.45) is 0 Å². The predicted molar refractivity (Wildman–Crippen MR) is 115 cm³/mol.